The highest BCUT2D eigenvalue weighted by molar-refractivity contribution is 5.95. The van der Waals surface area contributed by atoms with Crippen LogP contribution in [0.2, 0.25) is 0 Å². The summed E-state index contributed by atoms with van der Waals surface area (Å²) in [7, 11) is 0. The molecule has 1 aromatic heterocycles. The average molecular weight is 275 g/mol. The molecule has 1 heterocycles. The molecule has 0 amide bonds. The van der Waals surface area contributed by atoms with Gasteiger partial charge in [-0.3, -0.25) is 10.1 Å². The summed E-state index contributed by atoms with van der Waals surface area (Å²) in [6, 6.07) is 7.14. The van der Waals surface area contributed by atoms with Gasteiger partial charge in [0, 0.05) is 5.39 Å². The van der Waals surface area contributed by atoms with Crippen molar-refractivity contribution < 1.29 is 10.0 Å². The fourth-order valence-electron chi connectivity index (χ4n) is 2.06. The Morgan fingerprint density at radius 2 is 2.20 bits per heavy atom. The fourth-order valence-corrected chi connectivity index (χ4v) is 2.06. The molecule has 0 aliphatic carbocycles. The maximum atomic E-state index is 11.1. The molecule has 1 aromatic carbocycles. The van der Waals surface area contributed by atoms with Crippen LogP contribution in [0.3, 0.4) is 0 Å². The van der Waals surface area contributed by atoms with Gasteiger partial charge in [-0.05, 0) is 18.9 Å². The topological polar surface area (TPSA) is 88.3 Å². The van der Waals surface area contributed by atoms with Gasteiger partial charge in [-0.25, -0.2) is 4.98 Å². The van der Waals surface area contributed by atoms with E-state index >= 15 is 0 Å². The minimum absolute atomic E-state index is 0.126. The number of anilines is 1. The van der Waals surface area contributed by atoms with Gasteiger partial charge in [0.25, 0.3) is 0 Å². The van der Waals surface area contributed by atoms with Crippen LogP contribution >= 0.6 is 0 Å². The second-order valence-corrected chi connectivity index (χ2v) is 4.60. The lowest BCUT2D eigenvalue weighted by atomic mass is 10.1. The Morgan fingerprint density at radius 1 is 1.45 bits per heavy atom. The Morgan fingerprint density at radius 3 is 2.90 bits per heavy atom. The molecule has 2 aromatic rings. The Kier molecular flexibility index (Phi) is 4.47. The molecule has 106 valence electrons. The minimum Gasteiger partial charge on any atom is -0.374 e. The number of rotatable bonds is 6. The van der Waals surface area contributed by atoms with Crippen LogP contribution in [0.25, 0.3) is 10.9 Å². The number of hydrogen-bond acceptors (Lipinski definition) is 5. The zero-order valence-electron chi connectivity index (χ0n) is 11.2. The van der Waals surface area contributed by atoms with Gasteiger partial charge in [0.05, 0.1) is 10.4 Å². The van der Waals surface area contributed by atoms with Gasteiger partial charge >= 0.3 is 5.69 Å². The summed E-state index contributed by atoms with van der Waals surface area (Å²) >= 11 is 0. The summed E-state index contributed by atoms with van der Waals surface area (Å²) in [5.74, 6) is 0. The normalized spacial score (nSPS) is 12.3. The number of benzene rings is 1. The number of para-hydroxylation sites is 1. The predicted molar refractivity (Wildman–Crippen MR) is 77.6 cm³/mol. The summed E-state index contributed by atoms with van der Waals surface area (Å²) in [6.45, 7) is 2.02. The number of nitrogens with zero attached hydrogens (tertiary/aromatic N) is 2. The van der Waals surface area contributed by atoms with Crippen molar-refractivity contribution in [2.24, 2.45) is 0 Å². The van der Waals surface area contributed by atoms with Crippen molar-refractivity contribution in [3.8, 4) is 0 Å². The van der Waals surface area contributed by atoms with Gasteiger partial charge in [0.15, 0.2) is 0 Å². The van der Waals surface area contributed by atoms with Crippen molar-refractivity contribution in [2.45, 2.75) is 32.4 Å². The number of hydrogen-bond donors (Lipinski definition) is 2. The third-order valence-electron chi connectivity index (χ3n) is 3.09. The smallest absolute Gasteiger partial charge is 0.311 e. The van der Waals surface area contributed by atoms with E-state index in [1.165, 1.54) is 6.20 Å². The number of aromatic nitrogens is 1. The van der Waals surface area contributed by atoms with Crippen LogP contribution in [0.5, 0.6) is 0 Å². The van der Waals surface area contributed by atoms with Gasteiger partial charge < -0.3 is 10.4 Å². The zero-order chi connectivity index (χ0) is 14.5. The van der Waals surface area contributed by atoms with Gasteiger partial charge in [0.2, 0.25) is 0 Å². The number of pyridine rings is 1. The van der Waals surface area contributed by atoms with Crippen LogP contribution in [0, 0.1) is 10.1 Å². The lowest BCUT2D eigenvalue weighted by Gasteiger charge is -2.15. The van der Waals surface area contributed by atoms with E-state index in [0.717, 1.165) is 12.8 Å². The molecule has 0 fully saturated rings. The molecule has 6 heteroatoms. The zero-order valence-corrected chi connectivity index (χ0v) is 11.2. The molecule has 0 saturated carbocycles. The molecule has 6 nitrogen and oxygen atoms in total. The lowest BCUT2D eigenvalue weighted by Crippen LogP contribution is -2.19. The predicted octanol–water partition coefficient (Wildman–Crippen LogP) is 3.06. The summed E-state index contributed by atoms with van der Waals surface area (Å²) in [5.41, 5.74) is 0.853. The molecule has 1 atom stereocenters. The highest BCUT2D eigenvalue weighted by atomic mass is 16.6. The molecule has 0 bridgehead atoms. The first-order chi connectivity index (χ1) is 9.63. The van der Waals surface area contributed by atoms with E-state index in [1.807, 2.05) is 13.0 Å². The second kappa shape index (κ2) is 6.29. The van der Waals surface area contributed by atoms with Crippen molar-refractivity contribution in [3.05, 3.63) is 40.6 Å². The first-order valence-corrected chi connectivity index (χ1v) is 6.60. The lowest BCUT2D eigenvalue weighted by molar-refractivity contribution is -0.384. The molecular formula is C14H17N3O3. The summed E-state index contributed by atoms with van der Waals surface area (Å²) in [6.07, 6.45) is 2.77. The van der Waals surface area contributed by atoms with Crippen LogP contribution in [0.4, 0.5) is 11.4 Å². The van der Waals surface area contributed by atoms with E-state index in [4.69, 9.17) is 0 Å². The molecule has 20 heavy (non-hydrogen) atoms. The van der Waals surface area contributed by atoms with Crippen molar-refractivity contribution in [1.82, 2.24) is 4.98 Å². The number of nitro groups is 1. The highest BCUT2D eigenvalue weighted by Gasteiger charge is 2.19. The van der Waals surface area contributed by atoms with Crippen LogP contribution in [-0.4, -0.2) is 21.2 Å². The average Bonchev–Trinajstić information content (AvgIpc) is 2.45. The van der Waals surface area contributed by atoms with Crippen molar-refractivity contribution >= 4 is 22.3 Å². The van der Waals surface area contributed by atoms with Crippen LogP contribution in [0.1, 0.15) is 26.2 Å². The van der Waals surface area contributed by atoms with Crippen molar-refractivity contribution in [2.75, 3.05) is 5.32 Å². The number of unbranched alkanes of at least 4 members (excludes halogenated alkanes) is 1. The molecule has 2 rings (SSSR count). The standard InChI is InChI=1S/C14H17N3O3/c1-2-3-8-13(18)16-14-10-6-4-5-7-11(10)15-9-12(14)17(19)20/h4-7,9,13,18H,2-3,8H2,1H3,(H,15,16). The monoisotopic (exact) mass is 275 g/mol. The fraction of sp³-hybridized carbons (Fsp3) is 0.357. The number of aliphatic hydroxyl groups is 1. The van der Waals surface area contributed by atoms with Gasteiger partial charge in [0.1, 0.15) is 18.1 Å². The van der Waals surface area contributed by atoms with E-state index in [2.05, 4.69) is 10.3 Å². The van der Waals surface area contributed by atoms with Gasteiger partial charge in [-0.1, -0.05) is 31.5 Å². The van der Waals surface area contributed by atoms with E-state index in [9.17, 15) is 15.2 Å². The molecule has 0 aliphatic heterocycles. The molecule has 0 saturated heterocycles. The van der Waals surface area contributed by atoms with E-state index in [1.54, 1.807) is 18.2 Å². The molecule has 2 N–H and O–H groups in total. The van der Waals surface area contributed by atoms with Crippen molar-refractivity contribution in [1.29, 1.82) is 0 Å². The van der Waals surface area contributed by atoms with E-state index in [0.29, 0.717) is 23.0 Å². The van der Waals surface area contributed by atoms with Crippen molar-refractivity contribution in [3.63, 3.8) is 0 Å². The third kappa shape index (κ3) is 3.03. The summed E-state index contributed by atoms with van der Waals surface area (Å²) < 4.78 is 0. The molecular weight excluding hydrogens is 258 g/mol. The van der Waals surface area contributed by atoms with Crippen LogP contribution in [-0.2, 0) is 0 Å². The first kappa shape index (κ1) is 14.2. The Balaban J connectivity index is 2.41. The first-order valence-electron chi connectivity index (χ1n) is 6.60. The van der Waals surface area contributed by atoms with E-state index in [-0.39, 0.29) is 5.69 Å². The molecule has 1 unspecified atom stereocenters. The largest absolute Gasteiger partial charge is 0.374 e. The summed E-state index contributed by atoms with van der Waals surface area (Å²) in [4.78, 5) is 14.7. The number of nitrogens with one attached hydrogen (secondary N) is 1. The van der Waals surface area contributed by atoms with Gasteiger partial charge in [-0.2, -0.15) is 0 Å². The molecule has 0 aliphatic rings. The van der Waals surface area contributed by atoms with E-state index < -0.39 is 11.2 Å². The Hall–Kier alpha value is -2.21. The minimum atomic E-state index is -0.806. The number of fused-ring (bicyclic) bond motifs is 1. The quantitative estimate of drug-likeness (QED) is 0.480. The van der Waals surface area contributed by atoms with Crippen LogP contribution in [0.15, 0.2) is 30.5 Å². The van der Waals surface area contributed by atoms with Gasteiger partial charge in [-0.15, -0.1) is 0 Å². The highest BCUT2D eigenvalue weighted by Crippen LogP contribution is 2.32. The maximum Gasteiger partial charge on any atom is 0.311 e. The number of aliphatic hydroxyl groups excluding tert-OH is 1. The summed E-state index contributed by atoms with van der Waals surface area (Å²) in [5, 5.41) is 24.5. The maximum absolute atomic E-state index is 11.1. The second-order valence-electron chi connectivity index (χ2n) is 4.60. The van der Waals surface area contributed by atoms with Crippen LogP contribution < -0.4 is 5.32 Å². The Labute approximate surface area is 116 Å². The SMILES string of the molecule is CCCCC(O)Nc1c([N+](=O)[O-])cnc2ccccc12. The Bertz CT molecular complexity index is 616. The third-order valence-corrected chi connectivity index (χ3v) is 3.09. The molecule has 0 spiro atoms. The molecule has 0 radical (unpaired) electrons.